The van der Waals surface area contributed by atoms with E-state index in [4.69, 9.17) is 9.47 Å². The molecular weight excluding hydrogens is 425 g/mol. The van der Waals surface area contributed by atoms with E-state index in [2.05, 4.69) is 0 Å². The van der Waals surface area contributed by atoms with E-state index in [0.29, 0.717) is 10.4 Å². The molecule has 0 saturated heterocycles. The molecule has 0 bridgehead atoms. The van der Waals surface area contributed by atoms with Crippen molar-refractivity contribution in [3.8, 4) is 11.5 Å². The maximum Gasteiger partial charge on any atom is 0.416 e. The van der Waals surface area contributed by atoms with Crippen LogP contribution in [0.3, 0.4) is 0 Å². The van der Waals surface area contributed by atoms with Crippen LogP contribution in [-0.4, -0.2) is 54.1 Å². The van der Waals surface area contributed by atoms with Crippen LogP contribution < -0.4 is 13.8 Å². The number of hydrogen-bond acceptors (Lipinski definition) is 5. The number of amides is 1. The number of sulfonamides is 1. The van der Waals surface area contributed by atoms with E-state index in [0.717, 1.165) is 17.0 Å². The van der Waals surface area contributed by atoms with Crippen molar-refractivity contribution in [2.24, 2.45) is 0 Å². The average Bonchev–Trinajstić information content (AvgIpc) is 2.70. The molecule has 2 aromatic rings. The standard InChI is InChI=1S/C19H21F3N2O5S/c1-23(2)18(25)12-24(14-7-5-6-13(10-14)19(20,21)22)30(26,27)15-8-9-16(28-3)17(11-15)29-4/h5-11H,12H2,1-4H3. The number of alkyl halides is 3. The second kappa shape index (κ2) is 8.82. The Hall–Kier alpha value is -2.95. The fourth-order valence-electron chi connectivity index (χ4n) is 2.52. The van der Waals surface area contributed by atoms with Gasteiger partial charge in [-0.15, -0.1) is 0 Å². The maximum atomic E-state index is 13.3. The molecule has 0 atom stereocenters. The third-order valence-corrected chi connectivity index (χ3v) is 5.95. The van der Waals surface area contributed by atoms with Crippen LogP contribution in [0.15, 0.2) is 47.4 Å². The van der Waals surface area contributed by atoms with Crippen LogP contribution in [0.4, 0.5) is 18.9 Å². The zero-order valence-corrected chi connectivity index (χ0v) is 17.5. The third kappa shape index (κ3) is 4.96. The molecular formula is C19H21F3N2O5S. The van der Waals surface area contributed by atoms with Gasteiger partial charge in [-0.1, -0.05) is 6.07 Å². The van der Waals surface area contributed by atoms with Crippen LogP contribution in [0.5, 0.6) is 11.5 Å². The van der Waals surface area contributed by atoms with E-state index >= 15 is 0 Å². The Balaban J connectivity index is 2.64. The van der Waals surface area contributed by atoms with Crippen molar-refractivity contribution in [2.45, 2.75) is 11.1 Å². The quantitative estimate of drug-likeness (QED) is 0.654. The first kappa shape index (κ1) is 23.3. The summed E-state index contributed by atoms with van der Waals surface area (Å²) < 4.78 is 76.9. The molecule has 164 valence electrons. The monoisotopic (exact) mass is 446 g/mol. The molecule has 0 heterocycles. The number of carbonyl (C=O) groups is 1. The minimum Gasteiger partial charge on any atom is -0.493 e. The topological polar surface area (TPSA) is 76.2 Å². The van der Waals surface area contributed by atoms with Crippen molar-refractivity contribution in [3.63, 3.8) is 0 Å². The lowest BCUT2D eigenvalue weighted by Gasteiger charge is -2.26. The number of anilines is 1. The number of ether oxygens (including phenoxy) is 2. The highest BCUT2D eigenvalue weighted by Gasteiger charge is 2.33. The normalized spacial score (nSPS) is 11.7. The summed E-state index contributed by atoms with van der Waals surface area (Å²) in [5.41, 5.74) is -1.33. The summed E-state index contributed by atoms with van der Waals surface area (Å²) in [6, 6.07) is 7.52. The van der Waals surface area contributed by atoms with Gasteiger partial charge in [-0.2, -0.15) is 13.2 Å². The van der Waals surface area contributed by atoms with Gasteiger partial charge in [-0.25, -0.2) is 8.42 Å². The lowest BCUT2D eigenvalue weighted by atomic mass is 10.2. The largest absolute Gasteiger partial charge is 0.493 e. The molecule has 30 heavy (non-hydrogen) atoms. The number of carbonyl (C=O) groups excluding carboxylic acids is 1. The van der Waals surface area contributed by atoms with Gasteiger partial charge in [0, 0.05) is 20.2 Å². The number of nitrogens with zero attached hydrogens (tertiary/aromatic N) is 2. The first-order valence-electron chi connectivity index (χ1n) is 8.54. The Kier molecular flexibility index (Phi) is 6.86. The molecule has 11 heteroatoms. The average molecular weight is 446 g/mol. The summed E-state index contributed by atoms with van der Waals surface area (Å²) >= 11 is 0. The number of halogens is 3. The predicted octanol–water partition coefficient (Wildman–Crippen LogP) is 3.01. The molecule has 0 unspecified atom stereocenters. The second-order valence-corrected chi connectivity index (χ2v) is 8.23. The summed E-state index contributed by atoms with van der Waals surface area (Å²) in [4.78, 5) is 13.1. The fourth-order valence-corrected chi connectivity index (χ4v) is 3.94. The highest BCUT2D eigenvalue weighted by atomic mass is 32.2. The van der Waals surface area contributed by atoms with E-state index in [1.807, 2.05) is 0 Å². The van der Waals surface area contributed by atoms with Gasteiger partial charge in [-0.3, -0.25) is 9.10 Å². The molecule has 0 saturated carbocycles. The third-order valence-electron chi connectivity index (χ3n) is 4.18. The molecule has 2 aromatic carbocycles. The number of methoxy groups -OCH3 is 2. The Labute approximate surface area is 172 Å². The summed E-state index contributed by atoms with van der Waals surface area (Å²) in [5.74, 6) is -0.232. The number of hydrogen-bond donors (Lipinski definition) is 0. The van der Waals surface area contributed by atoms with Crippen LogP contribution in [-0.2, 0) is 21.0 Å². The van der Waals surface area contributed by atoms with Gasteiger partial charge in [0.05, 0.1) is 30.4 Å². The lowest BCUT2D eigenvalue weighted by Crippen LogP contribution is -2.40. The molecule has 2 rings (SSSR count). The van der Waals surface area contributed by atoms with Crippen molar-refractivity contribution in [1.82, 2.24) is 4.90 Å². The minimum absolute atomic E-state index is 0.113. The molecule has 0 aromatic heterocycles. The Morgan fingerprint density at radius 2 is 1.63 bits per heavy atom. The Morgan fingerprint density at radius 3 is 2.17 bits per heavy atom. The van der Waals surface area contributed by atoms with Crippen LogP contribution >= 0.6 is 0 Å². The molecule has 0 radical (unpaired) electrons. The molecule has 0 aliphatic carbocycles. The highest BCUT2D eigenvalue weighted by molar-refractivity contribution is 7.92. The Morgan fingerprint density at radius 1 is 1.00 bits per heavy atom. The SMILES string of the molecule is COc1ccc(S(=O)(=O)N(CC(=O)N(C)C)c2cccc(C(F)(F)F)c2)cc1OC. The van der Waals surface area contributed by atoms with Gasteiger partial charge in [0.1, 0.15) is 6.54 Å². The van der Waals surface area contributed by atoms with Gasteiger partial charge in [-0.05, 0) is 30.3 Å². The van der Waals surface area contributed by atoms with E-state index < -0.39 is 34.2 Å². The van der Waals surface area contributed by atoms with E-state index in [1.165, 1.54) is 52.6 Å². The smallest absolute Gasteiger partial charge is 0.416 e. The number of likely N-dealkylation sites (N-methyl/N-ethyl adjacent to an activating group) is 1. The van der Waals surface area contributed by atoms with Gasteiger partial charge < -0.3 is 14.4 Å². The number of benzene rings is 2. The molecule has 0 spiro atoms. The molecule has 7 nitrogen and oxygen atoms in total. The van der Waals surface area contributed by atoms with Gasteiger partial charge in [0.2, 0.25) is 5.91 Å². The van der Waals surface area contributed by atoms with E-state index in [1.54, 1.807) is 0 Å². The van der Waals surface area contributed by atoms with Crippen molar-refractivity contribution >= 4 is 21.6 Å². The predicted molar refractivity (Wildman–Crippen MR) is 104 cm³/mol. The maximum absolute atomic E-state index is 13.3. The molecule has 0 fully saturated rings. The zero-order chi connectivity index (χ0) is 22.7. The minimum atomic E-state index is -4.68. The number of rotatable bonds is 7. The van der Waals surface area contributed by atoms with Crippen molar-refractivity contribution in [3.05, 3.63) is 48.0 Å². The zero-order valence-electron chi connectivity index (χ0n) is 16.7. The molecule has 0 aliphatic rings. The molecule has 0 N–H and O–H groups in total. The fraction of sp³-hybridized carbons (Fsp3) is 0.316. The first-order valence-corrected chi connectivity index (χ1v) is 9.98. The summed E-state index contributed by atoms with van der Waals surface area (Å²) in [5, 5.41) is 0. The van der Waals surface area contributed by atoms with E-state index in [-0.39, 0.29) is 22.1 Å². The summed E-state index contributed by atoms with van der Waals surface area (Å²) in [7, 11) is 1.09. The molecule has 1 amide bonds. The molecule has 0 aliphatic heterocycles. The van der Waals surface area contributed by atoms with Crippen molar-refractivity contribution in [2.75, 3.05) is 39.2 Å². The van der Waals surface area contributed by atoms with Gasteiger partial charge in [0.25, 0.3) is 10.0 Å². The van der Waals surface area contributed by atoms with Gasteiger partial charge in [0.15, 0.2) is 11.5 Å². The van der Waals surface area contributed by atoms with Gasteiger partial charge >= 0.3 is 6.18 Å². The van der Waals surface area contributed by atoms with Crippen LogP contribution in [0.25, 0.3) is 0 Å². The summed E-state index contributed by atoms with van der Waals surface area (Å²) in [6.07, 6.45) is -4.68. The first-order chi connectivity index (χ1) is 13.9. The summed E-state index contributed by atoms with van der Waals surface area (Å²) in [6.45, 7) is -0.689. The van der Waals surface area contributed by atoms with Crippen molar-refractivity contribution < 1.29 is 35.9 Å². The van der Waals surface area contributed by atoms with Crippen LogP contribution in [0.2, 0.25) is 0 Å². The second-order valence-electron chi connectivity index (χ2n) is 6.36. The lowest BCUT2D eigenvalue weighted by molar-refractivity contribution is -0.137. The van der Waals surface area contributed by atoms with E-state index in [9.17, 15) is 26.4 Å². The van der Waals surface area contributed by atoms with Crippen LogP contribution in [0, 0.1) is 0 Å². The van der Waals surface area contributed by atoms with Crippen LogP contribution in [0.1, 0.15) is 5.56 Å². The highest BCUT2D eigenvalue weighted by Crippen LogP contribution is 2.35. The van der Waals surface area contributed by atoms with Crippen molar-refractivity contribution in [1.29, 1.82) is 0 Å². The Bertz CT molecular complexity index is 1020.